The van der Waals surface area contributed by atoms with Gasteiger partial charge in [-0.05, 0) is 29.7 Å². The Morgan fingerprint density at radius 1 is 1.00 bits per heavy atom. The average molecular weight is 401 g/mol. The summed E-state index contributed by atoms with van der Waals surface area (Å²) >= 11 is 5.99. The Kier molecular flexibility index (Phi) is 9.02. The van der Waals surface area contributed by atoms with E-state index in [0.717, 1.165) is 30.4 Å². The summed E-state index contributed by atoms with van der Waals surface area (Å²) in [5.41, 5.74) is 1.75. The van der Waals surface area contributed by atoms with Gasteiger partial charge in [-0.1, -0.05) is 80.8 Å². The number of nitrogens with zero attached hydrogens (tertiary/aromatic N) is 1. The van der Waals surface area contributed by atoms with Crippen LogP contribution < -0.4 is 5.32 Å². The Labute approximate surface area is 172 Å². The Morgan fingerprint density at radius 2 is 1.68 bits per heavy atom. The van der Waals surface area contributed by atoms with E-state index in [1.54, 1.807) is 17.0 Å². The van der Waals surface area contributed by atoms with Gasteiger partial charge in [0.15, 0.2) is 0 Å². The fraction of sp³-hybridized carbons (Fsp3) is 0.391. The molecule has 0 spiro atoms. The van der Waals surface area contributed by atoms with Crippen molar-refractivity contribution in [1.29, 1.82) is 0 Å². The molecule has 1 N–H and O–H groups in total. The maximum Gasteiger partial charge on any atom is 0.247 e. The molecule has 0 radical (unpaired) electrons. The van der Waals surface area contributed by atoms with Gasteiger partial charge in [0.2, 0.25) is 11.8 Å². The number of amides is 2. The lowest BCUT2D eigenvalue weighted by Gasteiger charge is -2.31. The van der Waals surface area contributed by atoms with E-state index in [1.807, 2.05) is 49.4 Å². The molecule has 2 amide bonds. The quantitative estimate of drug-likeness (QED) is 0.562. The van der Waals surface area contributed by atoms with Crippen molar-refractivity contribution < 1.29 is 9.59 Å². The lowest BCUT2D eigenvalue weighted by molar-refractivity contribution is -0.141. The minimum absolute atomic E-state index is 0.0625. The van der Waals surface area contributed by atoms with E-state index in [0.29, 0.717) is 24.5 Å². The summed E-state index contributed by atoms with van der Waals surface area (Å²) in [5, 5.41) is 3.66. The second kappa shape index (κ2) is 11.5. The maximum absolute atomic E-state index is 13.1. The van der Waals surface area contributed by atoms with Crippen LogP contribution in [0.2, 0.25) is 5.02 Å². The minimum Gasteiger partial charge on any atom is -0.354 e. The van der Waals surface area contributed by atoms with E-state index in [-0.39, 0.29) is 11.8 Å². The summed E-state index contributed by atoms with van der Waals surface area (Å²) in [5.74, 6) is -0.203. The molecule has 4 nitrogen and oxygen atoms in total. The molecule has 0 unspecified atom stereocenters. The second-order valence-electron chi connectivity index (χ2n) is 6.81. The Hall–Kier alpha value is -2.33. The summed E-state index contributed by atoms with van der Waals surface area (Å²) in [6.07, 6.45) is 3.43. The number of hydrogen-bond donors (Lipinski definition) is 1. The molecule has 2 aromatic carbocycles. The maximum atomic E-state index is 13.1. The second-order valence-corrected chi connectivity index (χ2v) is 7.25. The van der Waals surface area contributed by atoms with Crippen molar-refractivity contribution in [2.45, 2.75) is 52.1 Å². The molecule has 1 atom stereocenters. The number of benzene rings is 2. The molecule has 0 bridgehead atoms. The average Bonchev–Trinajstić information content (AvgIpc) is 2.72. The Balaban J connectivity index is 2.30. The van der Waals surface area contributed by atoms with Gasteiger partial charge in [0.25, 0.3) is 0 Å². The van der Waals surface area contributed by atoms with Gasteiger partial charge in [0, 0.05) is 24.5 Å². The lowest BCUT2D eigenvalue weighted by atomic mass is 10.0. The molecular formula is C23H29ClN2O2. The Bertz CT molecular complexity index is 747. The summed E-state index contributed by atoms with van der Waals surface area (Å²) in [4.78, 5) is 27.5. The standard InChI is InChI=1S/C23H29ClN2O2/c1-3-5-9-16-25-23(28)22(19-10-7-6-8-11-19)26(21(27)4-2)17-18-12-14-20(24)15-13-18/h6-8,10-15,22H,3-5,9,16-17H2,1-2H3,(H,25,28)/t22-/m0/s1. The van der Waals surface area contributed by atoms with E-state index in [4.69, 9.17) is 11.6 Å². The van der Waals surface area contributed by atoms with Crippen molar-refractivity contribution in [1.82, 2.24) is 10.2 Å². The Morgan fingerprint density at radius 3 is 2.29 bits per heavy atom. The van der Waals surface area contributed by atoms with Crippen molar-refractivity contribution in [3.8, 4) is 0 Å². The summed E-state index contributed by atoms with van der Waals surface area (Å²) in [7, 11) is 0. The first kappa shape index (κ1) is 22.0. The van der Waals surface area contributed by atoms with Crippen molar-refractivity contribution in [2.75, 3.05) is 6.54 Å². The van der Waals surface area contributed by atoms with E-state index in [1.165, 1.54) is 0 Å². The van der Waals surface area contributed by atoms with Gasteiger partial charge in [0.1, 0.15) is 6.04 Å². The number of hydrogen-bond acceptors (Lipinski definition) is 2. The van der Waals surface area contributed by atoms with Crippen molar-refractivity contribution in [3.05, 3.63) is 70.7 Å². The molecule has 0 saturated heterocycles. The normalized spacial score (nSPS) is 11.7. The third-order valence-electron chi connectivity index (χ3n) is 4.64. The van der Waals surface area contributed by atoms with Crippen molar-refractivity contribution in [2.24, 2.45) is 0 Å². The highest BCUT2D eigenvalue weighted by Crippen LogP contribution is 2.25. The first-order chi connectivity index (χ1) is 13.6. The molecule has 5 heteroatoms. The molecule has 0 aliphatic rings. The number of halogens is 1. The third kappa shape index (κ3) is 6.38. The van der Waals surface area contributed by atoms with Gasteiger partial charge in [-0.15, -0.1) is 0 Å². The summed E-state index contributed by atoms with van der Waals surface area (Å²) < 4.78 is 0. The van der Waals surface area contributed by atoms with Crippen LogP contribution in [0.3, 0.4) is 0 Å². The van der Waals surface area contributed by atoms with Crippen LogP contribution >= 0.6 is 11.6 Å². The van der Waals surface area contributed by atoms with Crippen LogP contribution in [0.1, 0.15) is 56.7 Å². The van der Waals surface area contributed by atoms with Gasteiger partial charge in [-0.25, -0.2) is 0 Å². The van der Waals surface area contributed by atoms with Gasteiger partial charge >= 0.3 is 0 Å². The van der Waals surface area contributed by atoms with Crippen LogP contribution in [0.5, 0.6) is 0 Å². The number of nitrogens with one attached hydrogen (secondary N) is 1. The highest BCUT2D eigenvalue weighted by Gasteiger charge is 2.30. The van der Waals surface area contributed by atoms with E-state index < -0.39 is 6.04 Å². The summed E-state index contributed by atoms with van der Waals surface area (Å²) in [6, 6.07) is 16.2. The van der Waals surface area contributed by atoms with Gasteiger partial charge in [-0.2, -0.15) is 0 Å². The van der Waals surface area contributed by atoms with Gasteiger partial charge in [0.05, 0.1) is 0 Å². The zero-order valence-electron chi connectivity index (χ0n) is 16.7. The predicted octanol–water partition coefficient (Wildman–Crippen LogP) is 5.13. The van der Waals surface area contributed by atoms with Crippen LogP contribution in [0.15, 0.2) is 54.6 Å². The first-order valence-corrected chi connectivity index (χ1v) is 10.3. The topological polar surface area (TPSA) is 49.4 Å². The van der Waals surface area contributed by atoms with Crippen LogP contribution in [-0.4, -0.2) is 23.3 Å². The molecule has 0 fully saturated rings. The van der Waals surface area contributed by atoms with Crippen LogP contribution in [-0.2, 0) is 16.1 Å². The number of rotatable bonds is 10. The zero-order chi connectivity index (χ0) is 20.4. The predicted molar refractivity (Wildman–Crippen MR) is 114 cm³/mol. The fourth-order valence-electron chi connectivity index (χ4n) is 3.10. The SMILES string of the molecule is CCCCCNC(=O)[C@H](c1ccccc1)N(Cc1ccc(Cl)cc1)C(=O)CC. The highest BCUT2D eigenvalue weighted by molar-refractivity contribution is 6.30. The largest absolute Gasteiger partial charge is 0.354 e. The lowest BCUT2D eigenvalue weighted by Crippen LogP contribution is -2.43. The first-order valence-electron chi connectivity index (χ1n) is 9.93. The highest BCUT2D eigenvalue weighted by atomic mass is 35.5. The summed E-state index contributed by atoms with van der Waals surface area (Å²) in [6.45, 7) is 4.91. The van der Waals surface area contributed by atoms with Crippen molar-refractivity contribution >= 4 is 23.4 Å². The number of carbonyl (C=O) groups excluding carboxylic acids is 2. The molecule has 0 heterocycles. The smallest absolute Gasteiger partial charge is 0.247 e. The molecule has 0 aliphatic carbocycles. The molecule has 0 aliphatic heterocycles. The van der Waals surface area contributed by atoms with E-state index in [2.05, 4.69) is 12.2 Å². The molecule has 150 valence electrons. The molecule has 0 saturated carbocycles. The van der Waals surface area contributed by atoms with E-state index >= 15 is 0 Å². The van der Waals surface area contributed by atoms with Crippen molar-refractivity contribution in [3.63, 3.8) is 0 Å². The molecule has 2 rings (SSSR count). The van der Waals surface area contributed by atoms with E-state index in [9.17, 15) is 9.59 Å². The number of unbranched alkanes of at least 4 members (excludes halogenated alkanes) is 2. The molecule has 0 aromatic heterocycles. The van der Waals surface area contributed by atoms with Crippen LogP contribution in [0.4, 0.5) is 0 Å². The molecule has 28 heavy (non-hydrogen) atoms. The monoisotopic (exact) mass is 400 g/mol. The fourth-order valence-corrected chi connectivity index (χ4v) is 3.23. The minimum atomic E-state index is -0.661. The van der Waals surface area contributed by atoms with Crippen LogP contribution in [0.25, 0.3) is 0 Å². The van der Waals surface area contributed by atoms with Gasteiger partial charge < -0.3 is 10.2 Å². The third-order valence-corrected chi connectivity index (χ3v) is 4.90. The number of carbonyl (C=O) groups is 2. The van der Waals surface area contributed by atoms with Crippen LogP contribution in [0, 0.1) is 0 Å². The molecule has 2 aromatic rings. The molecular weight excluding hydrogens is 372 g/mol. The zero-order valence-corrected chi connectivity index (χ0v) is 17.4. The van der Waals surface area contributed by atoms with Gasteiger partial charge in [-0.3, -0.25) is 9.59 Å².